The first kappa shape index (κ1) is 30.8. The molecule has 2 aliphatic rings. The summed E-state index contributed by atoms with van der Waals surface area (Å²) in [6, 6.07) is 0. The number of carbonyl (C=O) groups is 2. The summed E-state index contributed by atoms with van der Waals surface area (Å²) >= 11 is 0. The Morgan fingerprint density at radius 3 is 2.27 bits per heavy atom. The van der Waals surface area contributed by atoms with E-state index in [1.807, 2.05) is 6.08 Å². The molecule has 204 valence electrons. The summed E-state index contributed by atoms with van der Waals surface area (Å²) in [5.41, 5.74) is 1.41. The van der Waals surface area contributed by atoms with Gasteiger partial charge in [-0.25, -0.2) is 0 Å². The van der Waals surface area contributed by atoms with Gasteiger partial charge in [0.05, 0.1) is 6.10 Å². The van der Waals surface area contributed by atoms with Crippen molar-refractivity contribution in [1.82, 2.24) is 0 Å². The van der Waals surface area contributed by atoms with Crippen molar-refractivity contribution in [3.63, 3.8) is 0 Å². The Morgan fingerprint density at radius 2 is 1.62 bits per heavy atom. The summed E-state index contributed by atoms with van der Waals surface area (Å²) in [7, 11) is 0. The molecule has 1 heterocycles. The van der Waals surface area contributed by atoms with E-state index < -0.39 is 6.10 Å². The third-order valence-electron chi connectivity index (χ3n) is 6.58. The van der Waals surface area contributed by atoms with Crippen LogP contribution in [0.3, 0.4) is 0 Å². The molecule has 0 saturated heterocycles. The van der Waals surface area contributed by atoms with Crippen LogP contribution in [0.2, 0.25) is 0 Å². The smallest absolute Gasteiger partial charge is 0.305 e. The maximum atomic E-state index is 12.1. The third-order valence-corrected chi connectivity index (χ3v) is 6.58. The highest BCUT2D eigenvalue weighted by molar-refractivity contribution is 5.94. The summed E-state index contributed by atoms with van der Waals surface area (Å²) in [5, 5.41) is 0. The Morgan fingerprint density at radius 1 is 0.946 bits per heavy atom. The lowest BCUT2D eigenvalue weighted by Crippen LogP contribution is -2.36. The molecule has 0 amide bonds. The maximum Gasteiger partial charge on any atom is 0.305 e. The average molecular weight is 509 g/mol. The number of allylic oxidation sites excluding steroid dienone is 9. The molecule has 0 spiro atoms. The number of esters is 1. The summed E-state index contributed by atoms with van der Waals surface area (Å²) in [6.45, 7) is 2.24. The second kappa shape index (κ2) is 20.6. The van der Waals surface area contributed by atoms with Gasteiger partial charge in [-0.3, -0.25) is 9.59 Å². The Kier molecular flexibility index (Phi) is 17.1. The van der Waals surface area contributed by atoms with Crippen molar-refractivity contribution in [1.29, 1.82) is 0 Å². The van der Waals surface area contributed by atoms with Crippen molar-refractivity contribution in [2.45, 2.75) is 115 Å². The lowest BCUT2D eigenvalue weighted by molar-refractivity contribution is -0.152. The Bertz CT molecular complexity index is 827. The molecule has 2 rings (SSSR count). The molecule has 0 aromatic heterocycles. The van der Waals surface area contributed by atoms with Crippen LogP contribution in [0.15, 0.2) is 72.4 Å². The van der Waals surface area contributed by atoms with Gasteiger partial charge in [-0.1, -0.05) is 86.1 Å². The van der Waals surface area contributed by atoms with Crippen LogP contribution in [0, 0.1) is 0 Å². The van der Waals surface area contributed by atoms with Gasteiger partial charge in [0.2, 0.25) is 0 Å². The summed E-state index contributed by atoms with van der Waals surface area (Å²) < 4.78 is 11.3. The van der Waals surface area contributed by atoms with Crippen molar-refractivity contribution < 1.29 is 19.1 Å². The fourth-order valence-corrected chi connectivity index (χ4v) is 4.38. The number of hydrogen-bond acceptors (Lipinski definition) is 4. The van der Waals surface area contributed by atoms with Crippen molar-refractivity contribution in [3.8, 4) is 0 Å². The van der Waals surface area contributed by atoms with E-state index in [2.05, 4.69) is 61.6 Å². The molecule has 0 radical (unpaired) electrons. The van der Waals surface area contributed by atoms with Crippen molar-refractivity contribution in [3.05, 3.63) is 72.4 Å². The van der Waals surface area contributed by atoms with Gasteiger partial charge in [0.1, 0.15) is 6.61 Å². The highest BCUT2D eigenvalue weighted by Gasteiger charge is 2.27. The zero-order valence-corrected chi connectivity index (χ0v) is 23.0. The third kappa shape index (κ3) is 15.4. The van der Waals surface area contributed by atoms with Crippen molar-refractivity contribution in [2.24, 2.45) is 0 Å². The lowest BCUT2D eigenvalue weighted by atomic mass is 9.94. The SMILES string of the molecule is CCCCC/C=C\C/C=C\C/C=C\C/C=C\CCCC(=O)OC[C@H]1O[C@H](CC2=CCCCC2)C=CC1=O. The molecule has 0 fully saturated rings. The summed E-state index contributed by atoms with van der Waals surface area (Å²) in [6.07, 6.45) is 37.9. The van der Waals surface area contributed by atoms with Gasteiger partial charge >= 0.3 is 5.97 Å². The average Bonchev–Trinajstić information content (AvgIpc) is 2.91. The van der Waals surface area contributed by atoms with Gasteiger partial charge in [0.25, 0.3) is 0 Å². The van der Waals surface area contributed by atoms with Crippen LogP contribution in [-0.2, 0) is 19.1 Å². The van der Waals surface area contributed by atoms with Crippen LogP contribution in [0.4, 0.5) is 0 Å². The van der Waals surface area contributed by atoms with E-state index in [1.54, 1.807) is 6.08 Å². The van der Waals surface area contributed by atoms with E-state index in [0.29, 0.717) is 6.42 Å². The fraction of sp³-hybridized carbons (Fsp3) is 0.576. The first-order valence-electron chi connectivity index (χ1n) is 14.5. The normalized spacial score (nSPS) is 20.6. The van der Waals surface area contributed by atoms with Crippen molar-refractivity contribution in [2.75, 3.05) is 6.61 Å². The van der Waals surface area contributed by atoms with Crippen LogP contribution in [-0.4, -0.2) is 30.6 Å². The number of unbranched alkanes of at least 4 members (excludes halogenated alkanes) is 4. The predicted molar refractivity (Wildman–Crippen MR) is 153 cm³/mol. The van der Waals surface area contributed by atoms with Crippen molar-refractivity contribution >= 4 is 11.8 Å². The maximum absolute atomic E-state index is 12.1. The molecule has 0 bridgehead atoms. The van der Waals surface area contributed by atoms with Crippen LogP contribution in [0.5, 0.6) is 0 Å². The standard InChI is InChI=1S/C33H48O4/c1-2-3-4-5-6-7-8-9-10-11-12-13-14-15-16-17-21-24-33(35)36-28-32-31(34)26-25-30(37-32)27-29-22-19-18-20-23-29/h6-7,9-10,12-13,15-16,22,25-26,30,32H,2-5,8,11,14,17-21,23-24,27-28H2,1H3/b7-6-,10-9-,13-12-,16-15-/t30-,32+/m0/s1. The molecule has 37 heavy (non-hydrogen) atoms. The van der Waals surface area contributed by atoms with Gasteiger partial charge in [0.15, 0.2) is 11.9 Å². The zero-order chi connectivity index (χ0) is 26.4. The quantitative estimate of drug-likeness (QED) is 0.106. The molecule has 0 unspecified atom stereocenters. The molecule has 0 N–H and O–H groups in total. The number of hydrogen-bond donors (Lipinski definition) is 0. The molecule has 1 aliphatic carbocycles. The summed E-state index contributed by atoms with van der Waals surface area (Å²) in [5.74, 6) is -0.392. The topological polar surface area (TPSA) is 52.6 Å². The van der Waals surface area contributed by atoms with Gasteiger partial charge in [-0.05, 0) is 83.1 Å². The molecule has 4 nitrogen and oxygen atoms in total. The largest absolute Gasteiger partial charge is 0.462 e. The van der Waals surface area contributed by atoms with E-state index in [9.17, 15) is 9.59 Å². The molecular weight excluding hydrogens is 460 g/mol. The number of carbonyl (C=O) groups excluding carboxylic acids is 2. The number of ether oxygens (including phenoxy) is 2. The van der Waals surface area contributed by atoms with E-state index >= 15 is 0 Å². The van der Waals surface area contributed by atoms with E-state index in [0.717, 1.165) is 51.4 Å². The second-order valence-electron chi connectivity index (χ2n) is 9.90. The monoisotopic (exact) mass is 508 g/mol. The van der Waals surface area contributed by atoms with Gasteiger partial charge in [-0.2, -0.15) is 0 Å². The van der Waals surface area contributed by atoms with Gasteiger partial charge in [-0.15, -0.1) is 0 Å². The highest BCUT2D eigenvalue weighted by Crippen LogP contribution is 2.25. The molecule has 0 aromatic rings. The van der Waals surface area contributed by atoms with E-state index in [1.165, 1.54) is 44.1 Å². The zero-order valence-electron chi connectivity index (χ0n) is 23.0. The predicted octanol–water partition coefficient (Wildman–Crippen LogP) is 8.46. The Hall–Kier alpha value is -2.46. The second-order valence-corrected chi connectivity index (χ2v) is 9.90. The first-order valence-corrected chi connectivity index (χ1v) is 14.5. The van der Waals surface area contributed by atoms with Crippen LogP contribution in [0.25, 0.3) is 0 Å². The molecule has 1 aliphatic heterocycles. The minimum atomic E-state index is -0.684. The van der Waals surface area contributed by atoms with E-state index in [-0.39, 0.29) is 24.5 Å². The van der Waals surface area contributed by atoms with Crippen LogP contribution in [0.1, 0.15) is 103 Å². The Balaban J connectivity index is 1.48. The highest BCUT2D eigenvalue weighted by atomic mass is 16.6. The molecule has 0 aromatic carbocycles. The van der Waals surface area contributed by atoms with Gasteiger partial charge < -0.3 is 9.47 Å². The number of rotatable bonds is 18. The van der Waals surface area contributed by atoms with E-state index in [4.69, 9.17) is 9.47 Å². The first-order chi connectivity index (χ1) is 18.2. The fourth-order valence-electron chi connectivity index (χ4n) is 4.38. The summed E-state index contributed by atoms with van der Waals surface area (Å²) in [4.78, 5) is 24.2. The minimum Gasteiger partial charge on any atom is -0.462 e. The molecule has 2 atom stereocenters. The Labute approximate surface area is 225 Å². The minimum absolute atomic E-state index is 0.00187. The lowest BCUT2D eigenvalue weighted by Gasteiger charge is -2.26. The molecular formula is C33H48O4. The van der Waals surface area contributed by atoms with Crippen LogP contribution < -0.4 is 0 Å². The molecule has 4 heteroatoms. The number of ketones is 1. The van der Waals surface area contributed by atoms with Crippen LogP contribution >= 0.6 is 0 Å². The van der Waals surface area contributed by atoms with Gasteiger partial charge in [0, 0.05) is 6.42 Å². The molecule has 0 saturated carbocycles.